The maximum atomic E-state index is 12.2. The van der Waals surface area contributed by atoms with E-state index in [4.69, 9.17) is 11.6 Å². The number of hydrogen-bond donors (Lipinski definition) is 0. The van der Waals surface area contributed by atoms with Crippen LogP contribution in [-0.4, -0.2) is 23.8 Å². The minimum atomic E-state index is 0.226. The molecule has 1 heterocycles. The highest BCUT2D eigenvalue weighted by molar-refractivity contribution is 6.32. The van der Waals surface area contributed by atoms with E-state index in [1.165, 1.54) is 5.56 Å². The fourth-order valence-corrected chi connectivity index (χ4v) is 2.90. The first-order chi connectivity index (χ1) is 10.7. The number of rotatable bonds is 3. The van der Waals surface area contributed by atoms with Crippen LogP contribution in [0.1, 0.15) is 17.5 Å². The predicted octanol–water partition coefficient (Wildman–Crippen LogP) is 4.20. The second kappa shape index (κ2) is 6.91. The summed E-state index contributed by atoms with van der Waals surface area (Å²) in [5.74, 6) is 0.226. The van der Waals surface area contributed by atoms with Crippen molar-refractivity contribution in [2.75, 3.05) is 13.1 Å². The van der Waals surface area contributed by atoms with Crippen molar-refractivity contribution in [3.8, 4) is 0 Å². The lowest BCUT2D eigenvalue weighted by molar-refractivity contribution is -0.117. The SMILES string of the molecule is O=C1CCN(Cc2ccccc2)C/C1=C\c1ccccc1Cl. The van der Waals surface area contributed by atoms with Crippen LogP contribution < -0.4 is 0 Å². The second-order valence-corrected chi connectivity index (χ2v) is 5.97. The number of nitrogens with zero attached hydrogens (tertiary/aromatic N) is 1. The van der Waals surface area contributed by atoms with Crippen molar-refractivity contribution in [3.63, 3.8) is 0 Å². The highest BCUT2D eigenvalue weighted by Gasteiger charge is 2.21. The maximum absolute atomic E-state index is 12.2. The van der Waals surface area contributed by atoms with Crippen molar-refractivity contribution in [1.29, 1.82) is 0 Å². The van der Waals surface area contributed by atoms with Crippen molar-refractivity contribution >= 4 is 23.5 Å². The average Bonchev–Trinajstić information content (AvgIpc) is 2.54. The molecule has 0 N–H and O–H groups in total. The van der Waals surface area contributed by atoms with Crippen molar-refractivity contribution < 1.29 is 4.79 Å². The molecule has 0 spiro atoms. The van der Waals surface area contributed by atoms with Crippen LogP contribution in [0.25, 0.3) is 6.08 Å². The van der Waals surface area contributed by atoms with Crippen LogP contribution in [0.2, 0.25) is 5.02 Å². The molecule has 2 nitrogen and oxygen atoms in total. The molecular formula is C19H18ClNO. The van der Waals surface area contributed by atoms with Gasteiger partial charge in [0.15, 0.2) is 5.78 Å². The van der Waals surface area contributed by atoms with Crippen LogP contribution in [0.3, 0.4) is 0 Å². The summed E-state index contributed by atoms with van der Waals surface area (Å²) in [6, 6.07) is 18.0. The molecule has 3 rings (SSSR count). The van der Waals surface area contributed by atoms with Gasteiger partial charge in [0.25, 0.3) is 0 Å². The average molecular weight is 312 g/mol. The number of Topliss-reactive ketones (excluding diaryl/α,β-unsaturated/α-hetero) is 1. The van der Waals surface area contributed by atoms with Crippen molar-refractivity contribution in [1.82, 2.24) is 4.90 Å². The van der Waals surface area contributed by atoms with Gasteiger partial charge in [-0.15, -0.1) is 0 Å². The van der Waals surface area contributed by atoms with E-state index in [2.05, 4.69) is 17.0 Å². The van der Waals surface area contributed by atoms with Crippen LogP contribution in [0.4, 0.5) is 0 Å². The number of piperidine rings is 1. The number of benzene rings is 2. The van der Waals surface area contributed by atoms with E-state index in [1.54, 1.807) is 0 Å². The van der Waals surface area contributed by atoms with Crippen molar-refractivity contribution in [3.05, 3.63) is 76.3 Å². The third-order valence-corrected chi connectivity index (χ3v) is 4.24. The van der Waals surface area contributed by atoms with Crippen LogP contribution >= 0.6 is 11.6 Å². The third kappa shape index (κ3) is 3.65. The molecule has 1 fully saturated rings. The first kappa shape index (κ1) is 15.0. The smallest absolute Gasteiger partial charge is 0.161 e. The molecule has 0 radical (unpaired) electrons. The summed E-state index contributed by atoms with van der Waals surface area (Å²) in [7, 11) is 0. The number of likely N-dealkylation sites (tertiary alicyclic amines) is 1. The number of ketones is 1. The zero-order valence-corrected chi connectivity index (χ0v) is 13.1. The Labute approximate surface area is 136 Å². The van der Waals surface area contributed by atoms with E-state index in [9.17, 15) is 4.79 Å². The van der Waals surface area contributed by atoms with Gasteiger partial charge in [-0.3, -0.25) is 9.69 Å². The van der Waals surface area contributed by atoms with Crippen LogP contribution in [0, 0.1) is 0 Å². The normalized spacial score (nSPS) is 17.9. The molecule has 1 aliphatic rings. The number of halogens is 1. The van der Waals surface area contributed by atoms with Gasteiger partial charge in [-0.05, 0) is 23.3 Å². The van der Waals surface area contributed by atoms with Crippen LogP contribution in [-0.2, 0) is 11.3 Å². The molecule has 0 unspecified atom stereocenters. The van der Waals surface area contributed by atoms with Gasteiger partial charge in [0.05, 0.1) is 0 Å². The Balaban J connectivity index is 1.77. The molecule has 0 atom stereocenters. The molecule has 2 aromatic rings. The Morgan fingerprint density at radius 3 is 2.55 bits per heavy atom. The second-order valence-electron chi connectivity index (χ2n) is 5.56. The van der Waals surface area contributed by atoms with Crippen molar-refractivity contribution in [2.45, 2.75) is 13.0 Å². The monoisotopic (exact) mass is 311 g/mol. The summed E-state index contributed by atoms with van der Waals surface area (Å²) in [4.78, 5) is 14.5. The van der Waals surface area contributed by atoms with Gasteiger partial charge >= 0.3 is 0 Å². The molecule has 1 saturated heterocycles. The summed E-state index contributed by atoms with van der Waals surface area (Å²) >= 11 is 6.19. The van der Waals surface area contributed by atoms with Gasteiger partial charge in [-0.25, -0.2) is 0 Å². The molecule has 0 aromatic heterocycles. The number of carbonyl (C=O) groups excluding carboxylic acids is 1. The lowest BCUT2D eigenvalue weighted by Crippen LogP contribution is -2.35. The fourth-order valence-electron chi connectivity index (χ4n) is 2.71. The van der Waals surface area contributed by atoms with E-state index < -0.39 is 0 Å². The summed E-state index contributed by atoms with van der Waals surface area (Å²) in [6.07, 6.45) is 2.50. The lowest BCUT2D eigenvalue weighted by atomic mass is 10.00. The van der Waals surface area contributed by atoms with E-state index in [0.29, 0.717) is 18.0 Å². The zero-order chi connectivity index (χ0) is 15.4. The Hall–Kier alpha value is -1.90. The first-order valence-electron chi connectivity index (χ1n) is 7.47. The highest BCUT2D eigenvalue weighted by Crippen LogP contribution is 2.22. The molecule has 0 amide bonds. The molecule has 112 valence electrons. The van der Waals surface area contributed by atoms with Gasteiger partial charge in [-0.2, -0.15) is 0 Å². The van der Waals surface area contributed by atoms with E-state index >= 15 is 0 Å². The van der Waals surface area contributed by atoms with Gasteiger partial charge in [0.2, 0.25) is 0 Å². The van der Waals surface area contributed by atoms with Crippen LogP contribution in [0.5, 0.6) is 0 Å². The van der Waals surface area contributed by atoms with E-state index in [1.807, 2.05) is 48.5 Å². The minimum absolute atomic E-state index is 0.226. The van der Waals surface area contributed by atoms with E-state index in [-0.39, 0.29) is 5.78 Å². The molecule has 0 bridgehead atoms. The quantitative estimate of drug-likeness (QED) is 0.792. The number of hydrogen-bond acceptors (Lipinski definition) is 2. The third-order valence-electron chi connectivity index (χ3n) is 3.89. The fraction of sp³-hybridized carbons (Fsp3) is 0.211. The first-order valence-corrected chi connectivity index (χ1v) is 7.85. The largest absolute Gasteiger partial charge is 0.294 e. The minimum Gasteiger partial charge on any atom is -0.294 e. The molecule has 2 aromatic carbocycles. The molecule has 0 aliphatic carbocycles. The summed E-state index contributed by atoms with van der Waals surface area (Å²) in [6.45, 7) is 2.36. The lowest BCUT2D eigenvalue weighted by Gasteiger charge is -2.28. The van der Waals surface area contributed by atoms with Gasteiger partial charge in [0, 0.05) is 36.7 Å². The van der Waals surface area contributed by atoms with E-state index in [0.717, 1.165) is 24.2 Å². The Morgan fingerprint density at radius 2 is 1.77 bits per heavy atom. The molecule has 3 heteroatoms. The summed E-state index contributed by atoms with van der Waals surface area (Å²) in [5, 5.41) is 0.683. The Kier molecular flexibility index (Phi) is 4.71. The van der Waals surface area contributed by atoms with Gasteiger partial charge in [-0.1, -0.05) is 60.1 Å². The summed E-state index contributed by atoms with van der Waals surface area (Å²) in [5.41, 5.74) is 3.03. The van der Waals surface area contributed by atoms with Gasteiger partial charge < -0.3 is 0 Å². The van der Waals surface area contributed by atoms with Crippen molar-refractivity contribution in [2.24, 2.45) is 0 Å². The predicted molar refractivity (Wildman–Crippen MR) is 90.8 cm³/mol. The topological polar surface area (TPSA) is 20.3 Å². The standard InChI is InChI=1S/C19H18ClNO/c20-18-9-5-4-8-16(18)12-17-14-21(11-10-19(17)22)13-15-6-2-1-3-7-15/h1-9,12H,10-11,13-14H2/b17-12+. The molecule has 0 saturated carbocycles. The van der Waals surface area contributed by atoms with Gasteiger partial charge in [0.1, 0.15) is 0 Å². The number of carbonyl (C=O) groups is 1. The Bertz CT molecular complexity index is 694. The molecule has 22 heavy (non-hydrogen) atoms. The molecular weight excluding hydrogens is 294 g/mol. The zero-order valence-electron chi connectivity index (χ0n) is 12.3. The Morgan fingerprint density at radius 1 is 1.05 bits per heavy atom. The summed E-state index contributed by atoms with van der Waals surface area (Å²) < 4.78 is 0. The van der Waals surface area contributed by atoms with Crippen LogP contribution in [0.15, 0.2) is 60.2 Å². The highest BCUT2D eigenvalue weighted by atomic mass is 35.5. The molecule has 1 aliphatic heterocycles. The maximum Gasteiger partial charge on any atom is 0.161 e.